The Hall–Kier alpha value is -2.04. The second-order valence-corrected chi connectivity index (χ2v) is 5.92. The molecule has 1 saturated carbocycles. The standard InChI is InChI=1S/C18H26N2O3/c1-4-20(15-9-7-6-8-14(15)3)13-12-19-16(21)18(10-11-18)17(22)23-5-2/h6-9H,4-5,10-13H2,1-3H3,(H,19,21). The topological polar surface area (TPSA) is 58.6 Å². The van der Waals surface area contributed by atoms with E-state index in [2.05, 4.69) is 36.2 Å². The normalized spacial score (nSPS) is 14.9. The molecule has 0 aromatic heterocycles. The van der Waals surface area contributed by atoms with Crippen LogP contribution in [0.25, 0.3) is 0 Å². The van der Waals surface area contributed by atoms with Crippen LogP contribution in [0.4, 0.5) is 5.69 Å². The predicted molar refractivity (Wildman–Crippen MR) is 90.4 cm³/mol. The molecule has 1 aromatic rings. The Kier molecular flexibility index (Phi) is 5.64. The highest BCUT2D eigenvalue weighted by atomic mass is 16.5. The first-order valence-electron chi connectivity index (χ1n) is 8.31. The Morgan fingerprint density at radius 3 is 2.52 bits per heavy atom. The van der Waals surface area contributed by atoms with Crippen molar-refractivity contribution in [3.8, 4) is 0 Å². The van der Waals surface area contributed by atoms with Crippen molar-refractivity contribution in [1.82, 2.24) is 5.32 Å². The van der Waals surface area contributed by atoms with Gasteiger partial charge in [-0.1, -0.05) is 18.2 Å². The van der Waals surface area contributed by atoms with Crippen LogP contribution < -0.4 is 10.2 Å². The second-order valence-electron chi connectivity index (χ2n) is 5.92. The molecule has 0 radical (unpaired) electrons. The fraction of sp³-hybridized carbons (Fsp3) is 0.556. The molecule has 126 valence electrons. The molecule has 5 nitrogen and oxygen atoms in total. The summed E-state index contributed by atoms with van der Waals surface area (Å²) in [4.78, 5) is 26.4. The molecule has 1 aromatic carbocycles. The molecule has 0 saturated heterocycles. The number of hydrogen-bond donors (Lipinski definition) is 1. The highest BCUT2D eigenvalue weighted by molar-refractivity contribution is 6.05. The van der Waals surface area contributed by atoms with E-state index < -0.39 is 5.41 Å². The van der Waals surface area contributed by atoms with Crippen LogP contribution in [-0.4, -0.2) is 38.1 Å². The maximum Gasteiger partial charge on any atom is 0.321 e. The number of nitrogens with one attached hydrogen (secondary N) is 1. The van der Waals surface area contributed by atoms with E-state index in [9.17, 15) is 9.59 Å². The Balaban J connectivity index is 1.88. The van der Waals surface area contributed by atoms with Crippen molar-refractivity contribution in [3.05, 3.63) is 29.8 Å². The van der Waals surface area contributed by atoms with Gasteiger partial charge in [0.2, 0.25) is 5.91 Å². The fourth-order valence-electron chi connectivity index (χ4n) is 2.76. The van der Waals surface area contributed by atoms with Crippen LogP contribution >= 0.6 is 0 Å². The summed E-state index contributed by atoms with van der Waals surface area (Å²) in [7, 11) is 0. The predicted octanol–water partition coefficient (Wildman–Crippen LogP) is 2.28. The van der Waals surface area contributed by atoms with E-state index in [0.717, 1.165) is 6.54 Å². The molecule has 1 aliphatic carbocycles. The fourth-order valence-corrected chi connectivity index (χ4v) is 2.76. The lowest BCUT2D eigenvalue weighted by Gasteiger charge is -2.25. The minimum absolute atomic E-state index is 0.197. The molecule has 1 amide bonds. The van der Waals surface area contributed by atoms with Crippen LogP contribution in [0.2, 0.25) is 0 Å². The molecular weight excluding hydrogens is 292 g/mol. The molecule has 1 fully saturated rings. The number of nitrogens with zero attached hydrogens (tertiary/aromatic N) is 1. The summed E-state index contributed by atoms with van der Waals surface area (Å²) in [6.07, 6.45) is 1.18. The van der Waals surface area contributed by atoms with Gasteiger partial charge in [-0.2, -0.15) is 0 Å². The zero-order valence-electron chi connectivity index (χ0n) is 14.2. The lowest BCUT2D eigenvalue weighted by Crippen LogP contribution is -2.42. The zero-order valence-corrected chi connectivity index (χ0v) is 14.2. The van der Waals surface area contributed by atoms with Gasteiger partial charge in [-0.15, -0.1) is 0 Å². The first-order chi connectivity index (χ1) is 11.0. The van der Waals surface area contributed by atoms with Crippen molar-refractivity contribution in [3.63, 3.8) is 0 Å². The third-order valence-corrected chi connectivity index (χ3v) is 4.36. The Morgan fingerprint density at radius 2 is 1.96 bits per heavy atom. The van der Waals surface area contributed by atoms with Crippen molar-refractivity contribution in [2.45, 2.75) is 33.6 Å². The number of hydrogen-bond acceptors (Lipinski definition) is 4. The summed E-state index contributed by atoms with van der Waals surface area (Å²) in [6, 6.07) is 8.20. The maximum absolute atomic E-state index is 12.3. The number of esters is 1. The van der Waals surface area contributed by atoms with Crippen LogP contribution in [0.3, 0.4) is 0 Å². The van der Waals surface area contributed by atoms with E-state index >= 15 is 0 Å². The molecule has 0 bridgehead atoms. The number of carbonyl (C=O) groups excluding carboxylic acids is 2. The zero-order chi connectivity index (χ0) is 16.9. The molecule has 2 rings (SSSR count). The first kappa shape index (κ1) is 17.3. The van der Waals surface area contributed by atoms with Gasteiger partial charge in [0.1, 0.15) is 5.41 Å². The van der Waals surface area contributed by atoms with E-state index in [1.807, 2.05) is 12.1 Å². The van der Waals surface area contributed by atoms with Gasteiger partial charge in [0.15, 0.2) is 0 Å². The van der Waals surface area contributed by atoms with Gasteiger partial charge in [-0.3, -0.25) is 9.59 Å². The minimum atomic E-state index is -0.921. The van der Waals surface area contributed by atoms with Crippen molar-refractivity contribution in [1.29, 1.82) is 0 Å². The van der Waals surface area contributed by atoms with E-state index in [4.69, 9.17) is 4.74 Å². The van der Waals surface area contributed by atoms with Crippen LogP contribution in [0.15, 0.2) is 24.3 Å². The SMILES string of the molecule is CCOC(=O)C1(C(=O)NCCN(CC)c2ccccc2C)CC1. The summed E-state index contributed by atoms with van der Waals surface area (Å²) in [6.45, 7) is 8.33. The van der Waals surface area contributed by atoms with Crippen molar-refractivity contribution in [2.24, 2.45) is 5.41 Å². The number of benzene rings is 1. The average molecular weight is 318 g/mol. The third-order valence-electron chi connectivity index (χ3n) is 4.36. The summed E-state index contributed by atoms with van der Waals surface area (Å²) in [5.41, 5.74) is 1.47. The number of ether oxygens (including phenoxy) is 1. The third kappa shape index (κ3) is 3.84. The summed E-state index contributed by atoms with van der Waals surface area (Å²) < 4.78 is 5.01. The molecule has 0 atom stereocenters. The summed E-state index contributed by atoms with van der Waals surface area (Å²) >= 11 is 0. The van der Waals surface area contributed by atoms with Crippen LogP contribution in [0, 0.1) is 12.3 Å². The molecule has 0 aliphatic heterocycles. The summed E-state index contributed by atoms with van der Waals surface area (Å²) in [5.74, 6) is -0.583. The molecular formula is C18H26N2O3. The highest BCUT2D eigenvalue weighted by Crippen LogP contribution is 2.47. The monoisotopic (exact) mass is 318 g/mol. The molecule has 1 N–H and O–H groups in total. The molecule has 1 aliphatic rings. The highest BCUT2D eigenvalue weighted by Gasteiger charge is 2.57. The Labute approximate surface area is 138 Å². The summed E-state index contributed by atoms with van der Waals surface area (Å²) in [5, 5.41) is 2.90. The van der Waals surface area contributed by atoms with Gasteiger partial charge in [0, 0.05) is 25.3 Å². The number of carbonyl (C=O) groups is 2. The lowest BCUT2D eigenvalue weighted by molar-refractivity contribution is -0.154. The number of aryl methyl sites for hydroxylation is 1. The van der Waals surface area contributed by atoms with Crippen molar-refractivity contribution >= 4 is 17.6 Å². The molecule has 0 unspecified atom stereocenters. The van der Waals surface area contributed by atoms with E-state index in [1.54, 1.807) is 6.92 Å². The second kappa shape index (κ2) is 7.49. The van der Waals surface area contributed by atoms with Crippen LogP contribution in [-0.2, 0) is 14.3 Å². The van der Waals surface area contributed by atoms with Gasteiger partial charge in [0.05, 0.1) is 6.61 Å². The van der Waals surface area contributed by atoms with E-state index in [1.165, 1.54) is 11.3 Å². The quantitative estimate of drug-likeness (QED) is 0.590. The Bertz CT molecular complexity index is 567. The molecule has 5 heteroatoms. The van der Waals surface area contributed by atoms with Gasteiger partial charge < -0.3 is 15.0 Å². The number of anilines is 1. The molecule has 0 heterocycles. The number of likely N-dealkylation sites (N-methyl/N-ethyl adjacent to an activating group) is 1. The van der Waals surface area contributed by atoms with E-state index in [-0.39, 0.29) is 11.9 Å². The number of rotatable bonds is 8. The van der Waals surface area contributed by atoms with Crippen molar-refractivity contribution in [2.75, 3.05) is 31.1 Å². The van der Waals surface area contributed by atoms with Crippen molar-refractivity contribution < 1.29 is 14.3 Å². The number of para-hydroxylation sites is 1. The number of amides is 1. The van der Waals surface area contributed by atoms with Gasteiger partial charge >= 0.3 is 5.97 Å². The van der Waals surface area contributed by atoms with E-state index in [0.29, 0.717) is 32.5 Å². The molecule has 23 heavy (non-hydrogen) atoms. The average Bonchev–Trinajstić information content (AvgIpc) is 3.34. The van der Waals surface area contributed by atoms with Gasteiger partial charge in [-0.25, -0.2) is 0 Å². The first-order valence-corrected chi connectivity index (χ1v) is 8.31. The van der Waals surface area contributed by atoms with Crippen LogP contribution in [0.1, 0.15) is 32.3 Å². The Morgan fingerprint density at radius 1 is 1.26 bits per heavy atom. The maximum atomic E-state index is 12.3. The molecule has 0 spiro atoms. The largest absolute Gasteiger partial charge is 0.465 e. The van der Waals surface area contributed by atoms with Gasteiger partial charge in [-0.05, 0) is 45.2 Å². The smallest absolute Gasteiger partial charge is 0.321 e. The van der Waals surface area contributed by atoms with Gasteiger partial charge in [0.25, 0.3) is 0 Å². The van der Waals surface area contributed by atoms with Crippen LogP contribution in [0.5, 0.6) is 0 Å². The minimum Gasteiger partial charge on any atom is -0.465 e. The lowest BCUT2D eigenvalue weighted by atomic mass is 10.1.